The predicted molar refractivity (Wildman–Crippen MR) is 69.6 cm³/mol. The van der Waals surface area contributed by atoms with Gasteiger partial charge < -0.3 is 14.5 Å². The lowest BCUT2D eigenvalue weighted by molar-refractivity contribution is -0.0367. The van der Waals surface area contributed by atoms with Crippen molar-refractivity contribution in [1.29, 1.82) is 0 Å². The number of halogens is 1. The van der Waals surface area contributed by atoms with Gasteiger partial charge >= 0.3 is 5.97 Å². The Hall–Kier alpha value is -1.88. The lowest BCUT2D eigenvalue weighted by atomic mass is 10.1. The van der Waals surface area contributed by atoms with Gasteiger partial charge in [0.15, 0.2) is 0 Å². The van der Waals surface area contributed by atoms with Gasteiger partial charge in [0.05, 0.1) is 12.2 Å². The normalized spacial score (nSPS) is 11.8. The summed E-state index contributed by atoms with van der Waals surface area (Å²) in [4.78, 5) is 14.9. The summed E-state index contributed by atoms with van der Waals surface area (Å²) in [6, 6.07) is 4.65. The minimum Gasteiger partial charge on any atom is -0.454 e. The number of esters is 1. The van der Waals surface area contributed by atoms with Gasteiger partial charge in [-0.1, -0.05) is 0 Å². The molecule has 1 aromatic heterocycles. The second-order valence-corrected chi connectivity index (χ2v) is 4.95. The van der Waals surface area contributed by atoms with Gasteiger partial charge in [-0.25, -0.2) is 9.18 Å². The van der Waals surface area contributed by atoms with Crippen molar-refractivity contribution in [3.05, 3.63) is 35.8 Å². The van der Waals surface area contributed by atoms with Gasteiger partial charge in [-0.15, -0.1) is 0 Å². The molecule has 0 amide bonds. The molecule has 0 aliphatic heterocycles. The van der Waals surface area contributed by atoms with Crippen LogP contribution in [-0.4, -0.2) is 30.3 Å². The molecule has 1 N–H and O–H groups in total. The Morgan fingerprint density at radius 1 is 1.37 bits per heavy atom. The quantitative estimate of drug-likeness (QED) is 0.865. The van der Waals surface area contributed by atoms with E-state index in [-0.39, 0.29) is 12.2 Å². The van der Waals surface area contributed by atoms with Crippen molar-refractivity contribution >= 4 is 16.9 Å². The van der Waals surface area contributed by atoms with Crippen molar-refractivity contribution in [2.45, 2.75) is 19.4 Å². The largest absolute Gasteiger partial charge is 0.454 e. The van der Waals surface area contributed by atoms with E-state index in [0.29, 0.717) is 10.9 Å². The van der Waals surface area contributed by atoms with E-state index < -0.39 is 17.4 Å². The Bertz CT molecular complexity index is 604. The third-order valence-electron chi connectivity index (χ3n) is 2.75. The fraction of sp³-hybridized carbons (Fsp3) is 0.357. The zero-order valence-corrected chi connectivity index (χ0v) is 11.1. The van der Waals surface area contributed by atoms with Crippen molar-refractivity contribution in [2.24, 2.45) is 0 Å². The number of methoxy groups -OCH3 is 1. The molecular weight excluding hydrogens is 249 g/mol. The van der Waals surface area contributed by atoms with Gasteiger partial charge in [-0.2, -0.15) is 0 Å². The number of aromatic amines is 1. The van der Waals surface area contributed by atoms with Crippen LogP contribution in [0.15, 0.2) is 24.4 Å². The van der Waals surface area contributed by atoms with E-state index in [0.717, 1.165) is 0 Å². The van der Waals surface area contributed by atoms with E-state index >= 15 is 0 Å². The Labute approximate surface area is 110 Å². The standard InChI is InChI=1S/C14H16FNO3/c1-14(2,8-18-3)19-13(17)10-4-5-11-9(12(10)15)6-7-16-11/h4-7,16H,8H2,1-3H3. The average Bonchev–Trinajstić information content (AvgIpc) is 2.77. The van der Waals surface area contributed by atoms with Gasteiger partial charge in [0.25, 0.3) is 0 Å². The molecule has 102 valence electrons. The Balaban J connectivity index is 2.29. The van der Waals surface area contributed by atoms with E-state index in [4.69, 9.17) is 9.47 Å². The van der Waals surface area contributed by atoms with Gasteiger partial charge in [0.2, 0.25) is 0 Å². The lowest BCUT2D eigenvalue weighted by Crippen LogP contribution is -2.33. The molecule has 4 nitrogen and oxygen atoms in total. The first-order valence-corrected chi connectivity index (χ1v) is 5.92. The summed E-state index contributed by atoms with van der Waals surface area (Å²) in [5.74, 6) is -1.26. The van der Waals surface area contributed by atoms with Crippen LogP contribution < -0.4 is 0 Å². The highest BCUT2D eigenvalue weighted by Gasteiger charge is 2.26. The van der Waals surface area contributed by atoms with E-state index in [1.807, 2.05) is 0 Å². The summed E-state index contributed by atoms with van der Waals surface area (Å²) in [6.45, 7) is 3.66. The minimum atomic E-state index is -0.800. The number of benzene rings is 1. The molecule has 0 fully saturated rings. The predicted octanol–water partition coefficient (Wildman–Crippen LogP) is 2.89. The molecule has 0 saturated heterocycles. The van der Waals surface area contributed by atoms with Crippen molar-refractivity contribution in [1.82, 2.24) is 4.98 Å². The maximum Gasteiger partial charge on any atom is 0.341 e. The number of nitrogens with one attached hydrogen (secondary N) is 1. The van der Waals surface area contributed by atoms with Crippen molar-refractivity contribution in [3.63, 3.8) is 0 Å². The molecule has 0 radical (unpaired) electrons. The summed E-state index contributed by atoms with van der Waals surface area (Å²) in [7, 11) is 1.52. The fourth-order valence-electron chi connectivity index (χ4n) is 1.94. The third kappa shape index (κ3) is 2.76. The number of ether oxygens (including phenoxy) is 2. The molecule has 2 rings (SSSR count). The van der Waals surface area contributed by atoms with Crippen LogP contribution in [0, 0.1) is 5.82 Å². The minimum absolute atomic E-state index is 0.0729. The lowest BCUT2D eigenvalue weighted by Gasteiger charge is -2.24. The van der Waals surface area contributed by atoms with E-state index in [1.54, 1.807) is 32.2 Å². The molecule has 0 aliphatic rings. The number of hydrogen-bond acceptors (Lipinski definition) is 3. The number of aromatic nitrogens is 1. The van der Waals surface area contributed by atoms with Gasteiger partial charge in [0.1, 0.15) is 11.4 Å². The molecule has 0 saturated carbocycles. The van der Waals surface area contributed by atoms with Crippen LogP contribution in [0.25, 0.3) is 10.9 Å². The molecule has 1 heterocycles. The molecule has 0 aliphatic carbocycles. The number of carbonyl (C=O) groups is 1. The van der Waals surface area contributed by atoms with Gasteiger partial charge in [-0.05, 0) is 32.0 Å². The number of carbonyl (C=O) groups excluding carboxylic acids is 1. The third-order valence-corrected chi connectivity index (χ3v) is 2.75. The fourth-order valence-corrected chi connectivity index (χ4v) is 1.94. The first-order valence-electron chi connectivity index (χ1n) is 5.92. The van der Waals surface area contributed by atoms with Crippen molar-refractivity contribution in [3.8, 4) is 0 Å². The second kappa shape index (κ2) is 5.01. The first-order chi connectivity index (χ1) is 8.94. The van der Waals surface area contributed by atoms with Gasteiger partial charge in [-0.3, -0.25) is 0 Å². The zero-order chi connectivity index (χ0) is 14.0. The smallest absolute Gasteiger partial charge is 0.341 e. The molecular formula is C14H16FNO3. The first kappa shape index (κ1) is 13.5. The highest BCUT2D eigenvalue weighted by atomic mass is 19.1. The van der Waals surface area contributed by atoms with Crippen LogP contribution in [0.3, 0.4) is 0 Å². The summed E-state index contributed by atoms with van der Waals surface area (Å²) < 4.78 is 24.4. The maximum absolute atomic E-state index is 14.2. The second-order valence-electron chi connectivity index (χ2n) is 4.95. The molecule has 0 spiro atoms. The SMILES string of the molecule is COCC(C)(C)OC(=O)c1ccc2[nH]ccc2c1F. The Morgan fingerprint density at radius 3 is 2.79 bits per heavy atom. The summed E-state index contributed by atoms with van der Waals surface area (Å²) in [5.41, 5.74) is -0.229. The highest BCUT2D eigenvalue weighted by molar-refractivity contribution is 5.95. The molecule has 2 aromatic rings. The summed E-state index contributed by atoms with van der Waals surface area (Å²) in [6.07, 6.45) is 1.62. The van der Waals surface area contributed by atoms with E-state index in [9.17, 15) is 9.18 Å². The van der Waals surface area contributed by atoms with Crippen LogP contribution in [0.2, 0.25) is 0 Å². The van der Waals surface area contributed by atoms with E-state index in [1.165, 1.54) is 13.2 Å². The van der Waals surface area contributed by atoms with Crippen LogP contribution in [0.1, 0.15) is 24.2 Å². The summed E-state index contributed by atoms with van der Waals surface area (Å²) >= 11 is 0. The number of fused-ring (bicyclic) bond motifs is 1. The number of rotatable bonds is 4. The molecule has 0 unspecified atom stereocenters. The van der Waals surface area contributed by atoms with Crippen LogP contribution in [-0.2, 0) is 9.47 Å². The van der Waals surface area contributed by atoms with Crippen LogP contribution in [0.5, 0.6) is 0 Å². The molecule has 5 heteroatoms. The Kier molecular flexibility index (Phi) is 3.57. The van der Waals surface area contributed by atoms with E-state index in [2.05, 4.69) is 4.98 Å². The van der Waals surface area contributed by atoms with Crippen LogP contribution >= 0.6 is 0 Å². The van der Waals surface area contributed by atoms with Crippen molar-refractivity contribution < 1.29 is 18.7 Å². The molecule has 1 aromatic carbocycles. The Morgan fingerprint density at radius 2 is 2.11 bits per heavy atom. The molecule has 19 heavy (non-hydrogen) atoms. The van der Waals surface area contributed by atoms with Gasteiger partial charge in [0, 0.05) is 24.2 Å². The highest BCUT2D eigenvalue weighted by Crippen LogP contribution is 2.22. The van der Waals surface area contributed by atoms with Crippen molar-refractivity contribution in [2.75, 3.05) is 13.7 Å². The summed E-state index contributed by atoms with van der Waals surface area (Å²) in [5, 5.41) is 0.374. The molecule has 0 atom stereocenters. The average molecular weight is 265 g/mol. The zero-order valence-electron chi connectivity index (χ0n) is 11.1. The topological polar surface area (TPSA) is 51.3 Å². The number of hydrogen-bond donors (Lipinski definition) is 1. The van der Waals surface area contributed by atoms with Crippen LogP contribution in [0.4, 0.5) is 4.39 Å². The number of H-pyrrole nitrogens is 1. The molecule has 0 bridgehead atoms. The monoisotopic (exact) mass is 265 g/mol. The maximum atomic E-state index is 14.2.